The lowest BCUT2D eigenvalue weighted by molar-refractivity contribution is 0.131. The number of aliphatic hydroxyl groups is 1. The van der Waals surface area contributed by atoms with E-state index in [0.29, 0.717) is 11.6 Å². The second kappa shape index (κ2) is 6.73. The second-order valence-corrected chi connectivity index (χ2v) is 8.38. The molecule has 1 saturated carbocycles. The number of rotatable bonds is 4. The van der Waals surface area contributed by atoms with Crippen LogP contribution in [0.4, 0.5) is 0 Å². The van der Waals surface area contributed by atoms with Gasteiger partial charge in [-0.05, 0) is 49.9 Å². The van der Waals surface area contributed by atoms with Gasteiger partial charge in [-0.25, -0.2) is 0 Å². The Morgan fingerprint density at radius 2 is 1.43 bits per heavy atom. The molecule has 0 unspecified atom stereocenters. The van der Waals surface area contributed by atoms with Gasteiger partial charge in [-0.3, -0.25) is 0 Å². The predicted molar refractivity (Wildman–Crippen MR) is 91.9 cm³/mol. The Balaban J connectivity index is 2.01. The molecule has 0 radical (unpaired) electrons. The number of hydrogen-bond acceptors (Lipinski definition) is 1. The van der Waals surface area contributed by atoms with Crippen LogP contribution in [0.1, 0.15) is 26.2 Å². The van der Waals surface area contributed by atoms with E-state index in [9.17, 15) is 5.11 Å². The molecule has 1 fully saturated rings. The van der Waals surface area contributed by atoms with Crippen LogP contribution in [-0.4, -0.2) is 16.9 Å². The maximum atomic E-state index is 10.2. The maximum Gasteiger partial charge on any atom is 0.0546 e. The van der Waals surface area contributed by atoms with Crippen molar-refractivity contribution in [1.29, 1.82) is 0 Å². The third kappa shape index (κ3) is 3.20. The normalized spacial score (nSPS) is 23.4. The first-order chi connectivity index (χ1) is 10.3. The van der Waals surface area contributed by atoms with Crippen LogP contribution in [0, 0.1) is 5.92 Å². The van der Waals surface area contributed by atoms with E-state index in [1.165, 1.54) is 29.9 Å². The van der Waals surface area contributed by atoms with Crippen molar-refractivity contribution in [3.8, 4) is 0 Å². The van der Waals surface area contributed by atoms with Gasteiger partial charge in [0, 0.05) is 0 Å². The first kappa shape index (κ1) is 14.8. The Kier molecular flexibility index (Phi) is 4.73. The van der Waals surface area contributed by atoms with Gasteiger partial charge in [0.05, 0.1) is 6.10 Å². The SMILES string of the molecule is C[C@H](O)[C@H]1CCC[C@H]1P(c1ccccc1)c1ccccc1. The summed E-state index contributed by atoms with van der Waals surface area (Å²) in [6.45, 7) is 1.96. The molecule has 1 N–H and O–H groups in total. The molecule has 0 bridgehead atoms. The Labute approximate surface area is 128 Å². The van der Waals surface area contributed by atoms with Gasteiger partial charge in [0.15, 0.2) is 0 Å². The minimum absolute atomic E-state index is 0.199. The van der Waals surface area contributed by atoms with Crippen LogP contribution >= 0.6 is 7.92 Å². The Morgan fingerprint density at radius 1 is 0.905 bits per heavy atom. The molecule has 0 aromatic heterocycles. The summed E-state index contributed by atoms with van der Waals surface area (Å²) < 4.78 is 0. The first-order valence-corrected chi connectivity index (χ1v) is 9.26. The van der Waals surface area contributed by atoms with Crippen molar-refractivity contribution < 1.29 is 5.11 Å². The van der Waals surface area contributed by atoms with E-state index in [1.54, 1.807) is 0 Å². The molecule has 1 nitrogen and oxygen atoms in total. The summed E-state index contributed by atoms with van der Waals surface area (Å²) in [4.78, 5) is 0. The van der Waals surface area contributed by atoms with Gasteiger partial charge in [0.25, 0.3) is 0 Å². The molecule has 1 aliphatic rings. The van der Waals surface area contributed by atoms with E-state index in [1.807, 2.05) is 6.92 Å². The minimum Gasteiger partial charge on any atom is -0.393 e. The summed E-state index contributed by atoms with van der Waals surface area (Å²) in [6, 6.07) is 21.8. The monoisotopic (exact) mass is 298 g/mol. The zero-order valence-electron chi connectivity index (χ0n) is 12.5. The van der Waals surface area contributed by atoms with Gasteiger partial charge < -0.3 is 5.11 Å². The molecule has 2 aromatic rings. The topological polar surface area (TPSA) is 20.2 Å². The van der Waals surface area contributed by atoms with Gasteiger partial charge in [0.1, 0.15) is 0 Å². The number of hydrogen-bond donors (Lipinski definition) is 1. The Hall–Kier alpha value is -1.17. The summed E-state index contributed by atoms with van der Waals surface area (Å²) in [7, 11) is -0.384. The van der Waals surface area contributed by atoms with Crippen LogP contribution in [0.3, 0.4) is 0 Å². The summed E-state index contributed by atoms with van der Waals surface area (Å²) in [5, 5.41) is 13.1. The molecule has 3 rings (SSSR count). The highest BCUT2D eigenvalue weighted by molar-refractivity contribution is 7.73. The molecule has 2 aromatic carbocycles. The molecular formula is C19H23OP. The largest absolute Gasteiger partial charge is 0.393 e. The molecule has 3 atom stereocenters. The van der Waals surface area contributed by atoms with E-state index in [4.69, 9.17) is 0 Å². The van der Waals surface area contributed by atoms with Crippen LogP contribution < -0.4 is 10.6 Å². The fourth-order valence-electron chi connectivity index (χ4n) is 3.56. The van der Waals surface area contributed by atoms with Crippen molar-refractivity contribution in [2.24, 2.45) is 5.92 Å². The van der Waals surface area contributed by atoms with Crippen LogP contribution in [0.5, 0.6) is 0 Å². The summed E-state index contributed by atoms with van der Waals surface area (Å²) >= 11 is 0. The predicted octanol–water partition coefficient (Wildman–Crippen LogP) is 3.67. The van der Waals surface area contributed by atoms with Crippen molar-refractivity contribution in [3.05, 3.63) is 60.7 Å². The van der Waals surface area contributed by atoms with Crippen LogP contribution in [-0.2, 0) is 0 Å². The fourth-order valence-corrected chi connectivity index (χ4v) is 6.83. The van der Waals surface area contributed by atoms with Crippen molar-refractivity contribution in [1.82, 2.24) is 0 Å². The first-order valence-electron chi connectivity index (χ1n) is 7.85. The molecule has 2 heteroatoms. The van der Waals surface area contributed by atoms with Crippen molar-refractivity contribution >= 4 is 18.5 Å². The average molecular weight is 298 g/mol. The Bertz CT molecular complexity index is 513. The smallest absolute Gasteiger partial charge is 0.0546 e. The van der Waals surface area contributed by atoms with Gasteiger partial charge in [0.2, 0.25) is 0 Å². The molecule has 0 aliphatic heterocycles. The van der Waals surface area contributed by atoms with E-state index >= 15 is 0 Å². The lowest BCUT2D eigenvalue weighted by atomic mass is 10.0. The van der Waals surface area contributed by atoms with Gasteiger partial charge in [-0.2, -0.15) is 0 Å². The highest BCUT2D eigenvalue weighted by atomic mass is 31.1. The third-order valence-electron chi connectivity index (χ3n) is 4.55. The van der Waals surface area contributed by atoms with Crippen LogP contribution in [0.2, 0.25) is 0 Å². The highest BCUT2D eigenvalue weighted by Gasteiger charge is 2.37. The van der Waals surface area contributed by atoms with E-state index in [2.05, 4.69) is 60.7 Å². The number of benzene rings is 2. The molecule has 0 heterocycles. The molecule has 110 valence electrons. The quantitative estimate of drug-likeness (QED) is 0.854. The standard InChI is InChI=1S/C19H23OP/c1-15(20)18-13-8-14-19(18)21(16-9-4-2-5-10-16)17-11-6-3-7-12-17/h2-7,9-12,15,18-20H,8,13-14H2,1H3/t15-,18+,19+/m0/s1. The van der Waals surface area contributed by atoms with Crippen LogP contribution in [0.15, 0.2) is 60.7 Å². The van der Waals surface area contributed by atoms with Gasteiger partial charge in [-0.15, -0.1) is 0 Å². The number of aliphatic hydroxyl groups excluding tert-OH is 1. The third-order valence-corrected chi connectivity index (χ3v) is 7.56. The Morgan fingerprint density at radius 3 is 1.90 bits per heavy atom. The lowest BCUT2D eigenvalue weighted by Crippen LogP contribution is -2.30. The lowest BCUT2D eigenvalue weighted by Gasteiger charge is -2.31. The van der Waals surface area contributed by atoms with E-state index < -0.39 is 0 Å². The molecule has 0 amide bonds. The highest BCUT2D eigenvalue weighted by Crippen LogP contribution is 2.50. The van der Waals surface area contributed by atoms with Gasteiger partial charge >= 0.3 is 0 Å². The zero-order chi connectivity index (χ0) is 14.7. The molecule has 21 heavy (non-hydrogen) atoms. The molecular weight excluding hydrogens is 275 g/mol. The van der Waals surface area contributed by atoms with E-state index in [-0.39, 0.29) is 14.0 Å². The maximum absolute atomic E-state index is 10.2. The summed E-state index contributed by atoms with van der Waals surface area (Å²) in [5.74, 6) is 0.441. The van der Waals surface area contributed by atoms with Crippen molar-refractivity contribution in [3.63, 3.8) is 0 Å². The summed E-state index contributed by atoms with van der Waals surface area (Å²) in [6.07, 6.45) is 3.46. The minimum atomic E-state index is -0.384. The van der Waals surface area contributed by atoms with Crippen molar-refractivity contribution in [2.75, 3.05) is 0 Å². The van der Waals surface area contributed by atoms with Crippen LogP contribution in [0.25, 0.3) is 0 Å². The fraction of sp³-hybridized carbons (Fsp3) is 0.368. The average Bonchev–Trinajstić information content (AvgIpc) is 2.99. The molecule has 1 aliphatic carbocycles. The zero-order valence-corrected chi connectivity index (χ0v) is 13.4. The van der Waals surface area contributed by atoms with Crippen molar-refractivity contribution in [2.45, 2.75) is 37.9 Å². The second-order valence-electron chi connectivity index (χ2n) is 5.94. The summed E-state index contributed by atoms with van der Waals surface area (Å²) in [5.41, 5.74) is 0.602. The van der Waals surface area contributed by atoms with E-state index in [0.717, 1.165) is 0 Å². The molecule has 0 spiro atoms. The van der Waals surface area contributed by atoms with Gasteiger partial charge in [-0.1, -0.05) is 67.1 Å². The molecule has 0 saturated heterocycles.